The third kappa shape index (κ3) is 5.09. The first kappa shape index (κ1) is 16.3. The third-order valence-electron chi connectivity index (χ3n) is 2.66. The number of hydrogen-bond acceptors (Lipinski definition) is 5. The summed E-state index contributed by atoms with van der Waals surface area (Å²) in [6.07, 6.45) is 2.13. The molecular weight excluding hydrogens is 258 g/mol. The van der Waals surface area contributed by atoms with E-state index in [1.54, 1.807) is 25.1 Å². The van der Waals surface area contributed by atoms with Crippen LogP contribution in [0.2, 0.25) is 0 Å². The highest BCUT2D eigenvalue weighted by Crippen LogP contribution is 2.27. The highest BCUT2D eigenvalue weighted by Gasteiger charge is 2.15. The summed E-state index contributed by atoms with van der Waals surface area (Å²) in [7, 11) is 0. The van der Waals surface area contributed by atoms with Crippen molar-refractivity contribution in [2.75, 3.05) is 32.2 Å². The van der Waals surface area contributed by atoms with Gasteiger partial charge in [0.2, 0.25) is 0 Å². The van der Waals surface area contributed by atoms with E-state index < -0.39 is 5.97 Å². The van der Waals surface area contributed by atoms with Crippen molar-refractivity contribution in [1.29, 1.82) is 0 Å². The molecule has 0 saturated heterocycles. The van der Waals surface area contributed by atoms with Gasteiger partial charge in [0, 0.05) is 6.61 Å². The van der Waals surface area contributed by atoms with E-state index in [1.807, 2.05) is 0 Å². The predicted octanol–water partition coefficient (Wildman–Crippen LogP) is 2.64. The summed E-state index contributed by atoms with van der Waals surface area (Å²) in [6, 6.07) is 5.03. The number of anilines is 1. The number of rotatable bonds is 9. The molecule has 5 nitrogen and oxygen atoms in total. The molecule has 0 aliphatic heterocycles. The van der Waals surface area contributed by atoms with Gasteiger partial charge < -0.3 is 19.9 Å². The molecule has 0 aliphatic rings. The number of nitrogen functional groups attached to an aromatic ring is 1. The van der Waals surface area contributed by atoms with E-state index in [-0.39, 0.29) is 0 Å². The SMILES string of the molecule is CCCCOCCOc1c(N)cccc1C(=O)OCC. The Morgan fingerprint density at radius 3 is 2.70 bits per heavy atom. The lowest BCUT2D eigenvalue weighted by molar-refractivity contribution is 0.0517. The normalized spacial score (nSPS) is 10.3. The predicted molar refractivity (Wildman–Crippen MR) is 78.0 cm³/mol. The number of carbonyl (C=O) groups excluding carboxylic acids is 1. The Hall–Kier alpha value is -1.75. The molecule has 0 amide bonds. The fourth-order valence-electron chi connectivity index (χ4n) is 1.64. The van der Waals surface area contributed by atoms with Crippen LogP contribution >= 0.6 is 0 Å². The zero-order valence-corrected chi connectivity index (χ0v) is 12.2. The molecule has 1 aromatic carbocycles. The van der Waals surface area contributed by atoms with Crippen molar-refractivity contribution in [3.8, 4) is 5.75 Å². The molecule has 0 atom stereocenters. The van der Waals surface area contributed by atoms with Crippen molar-refractivity contribution >= 4 is 11.7 Å². The lowest BCUT2D eigenvalue weighted by atomic mass is 10.2. The van der Waals surface area contributed by atoms with Gasteiger partial charge >= 0.3 is 5.97 Å². The van der Waals surface area contributed by atoms with Crippen LogP contribution in [0.15, 0.2) is 18.2 Å². The molecule has 0 aliphatic carbocycles. The van der Waals surface area contributed by atoms with E-state index in [9.17, 15) is 4.79 Å². The minimum absolute atomic E-state index is 0.313. The first-order valence-corrected chi connectivity index (χ1v) is 6.96. The standard InChI is InChI=1S/C15H23NO4/c1-3-5-9-18-10-11-20-14-12(15(17)19-4-2)7-6-8-13(14)16/h6-8H,3-5,9-11,16H2,1-2H3. The van der Waals surface area contributed by atoms with Gasteiger partial charge in [-0.15, -0.1) is 0 Å². The van der Waals surface area contributed by atoms with Crippen LogP contribution in [0, 0.1) is 0 Å². The number of unbranched alkanes of at least 4 members (excludes halogenated alkanes) is 1. The molecule has 0 unspecified atom stereocenters. The molecule has 1 rings (SSSR count). The van der Waals surface area contributed by atoms with Crippen LogP contribution in [-0.4, -0.2) is 32.4 Å². The smallest absolute Gasteiger partial charge is 0.341 e. The topological polar surface area (TPSA) is 70.8 Å². The van der Waals surface area contributed by atoms with E-state index in [0.717, 1.165) is 19.4 Å². The maximum Gasteiger partial charge on any atom is 0.341 e. The number of benzene rings is 1. The Kier molecular flexibility index (Phi) is 7.50. The zero-order valence-electron chi connectivity index (χ0n) is 12.2. The monoisotopic (exact) mass is 281 g/mol. The third-order valence-corrected chi connectivity index (χ3v) is 2.66. The van der Waals surface area contributed by atoms with Crippen LogP contribution in [0.25, 0.3) is 0 Å². The molecule has 0 spiro atoms. The van der Waals surface area contributed by atoms with Crippen LogP contribution in [0.5, 0.6) is 5.75 Å². The first-order chi connectivity index (χ1) is 9.70. The second-order valence-corrected chi connectivity index (χ2v) is 4.26. The summed E-state index contributed by atoms with van der Waals surface area (Å²) in [4.78, 5) is 11.8. The van der Waals surface area contributed by atoms with E-state index >= 15 is 0 Å². The maximum absolute atomic E-state index is 11.8. The van der Waals surface area contributed by atoms with Gasteiger partial charge in [0.15, 0.2) is 5.75 Å². The Morgan fingerprint density at radius 2 is 2.00 bits per heavy atom. The molecule has 0 saturated carbocycles. The zero-order chi connectivity index (χ0) is 14.8. The fourth-order valence-corrected chi connectivity index (χ4v) is 1.64. The van der Waals surface area contributed by atoms with Gasteiger partial charge in [-0.05, 0) is 25.5 Å². The van der Waals surface area contributed by atoms with Gasteiger partial charge in [-0.1, -0.05) is 19.4 Å². The summed E-state index contributed by atoms with van der Waals surface area (Å²) in [5.41, 5.74) is 6.61. The molecule has 5 heteroatoms. The molecule has 112 valence electrons. The summed E-state index contributed by atoms with van der Waals surface area (Å²) < 4.78 is 15.9. The number of nitrogens with two attached hydrogens (primary N) is 1. The van der Waals surface area contributed by atoms with Crippen LogP contribution in [0.1, 0.15) is 37.0 Å². The Labute approximate surface area is 120 Å². The molecule has 20 heavy (non-hydrogen) atoms. The van der Waals surface area contributed by atoms with E-state index in [1.165, 1.54) is 0 Å². The van der Waals surface area contributed by atoms with Crippen molar-refractivity contribution < 1.29 is 19.0 Å². The summed E-state index contributed by atoms with van der Waals surface area (Å²) >= 11 is 0. The lowest BCUT2D eigenvalue weighted by Gasteiger charge is -2.13. The van der Waals surface area contributed by atoms with E-state index in [0.29, 0.717) is 36.8 Å². The van der Waals surface area contributed by atoms with E-state index in [2.05, 4.69) is 6.92 Å². The second kappa shape index (κ2) is 9.20. The van der Waals surface area contributed by atoms with Gasteiger partial charge in [0.25, 0.3) is 0 Å². The molecule has 0 aromatic heterocycles. The lowest BCUT2D eigenvalue weighted by Crippen LogP contribution is -2.13. The van der Waals surface area contributed by atoms with Crippen molar-refractivity contribution in [2.45, 2.75) is 26.7 Å². The molecular formula is C15H23NO4. The summed E-state index contributed by atoms with van der Waals surface area (Å²) in [5, 5.41) is 0. The summed E-state index contributed by atoms with van der Waals surface area (Å²) in [6.45, 7) is 5.71. The minimum atomic E-state index is -0.429. The van der Waals surface area contributed by atoms with Crippen LogP contribution in [-0.2, 0) is 9.47 Å². The van der Waals surface area contributed by atoms with Gasteiger partial charge in [-0.2, -0.15) is 0 Å². The molecule has 0 radical (unpaired) electrons. The maximum atomic E-state index is 11.8. The van der Waals surface area contributed by atoms with Crippen molar-refractivity contribution in [2.24, 2.45) is 0 Å². The van der Waals surface area contributed by atoms with Crippen LogP contribution < -0.4 is 10.5 Å². The first-order valence-electron chi connectivity index (χ1n) is 6.96. The summed E-state index contributed by atoms with van der Waals surface area (Å²) in [5.74, 6) is -0.0632. The Balaban J connectivity index is 2.57. The number of carbonyl (C=O) groups is 1. The highest BCUT2D eigenvalue weighted by atomic mass is 16.5. The minimum Gasteiger partial charge on any atom is -0.488 e. The largest absolute Gasteiger partial charge is 0.488 e. The van der Waals surface area contributed by atoms with Crippen molar-refractivity contribution in [3.05, 3.63) is 23.8 Å². The molecule has 0 bridgehead atoms. The number of esters is 1. The molecule has 2 N–H and O–H groups in total. The number of ether oxygens (including phenoxy) is 3. The van der Waals surface area contributed by atoms with Gasteiger partial charge in [-0.25, -0.2) is 4.79 Å². The van der Waals surface area contributed by atoms with Gasteiger partial charge in [-0.3, -0.25) is 0 Å². The van der Waals surface area contributed by atoms with Crippen molar-refractivity contribution in [3.63, 3.8) is 0 Å². The van der Waals surface area contributed by atoms with Gasteiger partial charge in [0.1, 0.15) is 12.2 Å². The highest BCUT2D eigenvalue weighted by molar-refractivity contribution is 5.94. The van der Waals surface area contributed by atoms with Crippen LogP contribution in [0.4, 0.5) is 5.69 Å². The quantitative estimate of drug-likeness (QED) is 0.428. The van der Waals surface area contributed by atoms with E-state index in [4.69, 9.17) is 19.9 Å². The van der Waals surface area contributed by atoms with Gasteiger partial charge in [0.05, 0.1) is 18.9 Å². The fraction of sp³-hybridized carbons (Fsp3) is 0.533. The molecule has 1 aromatic rings. The van der Waals surface area contributed by atoms with Crippen molar-refractivity contribution in [1.82, 2.24) is 0 Å². The average molecular weight is 281 g/mol. The number of para-hydroxylation sites is 1. The molecule has 0 heterocycles. The Morgan fingerprint density at radius 1 is 1.20 bits per heavy atom. The number of hydrogen-bond donors (Lipinski definition) is 1. The second-order valence-electron chi connectivity index (χ2n) is 4.26. The Bertz CT molecular complexity index is 420. The van der Waals surface area contributed by atoms with Crippen LogP contribution in [0.3, 0.4) is 0 Å². The molecule has 0 fully saturated rings. The average Bonchev–Trinajstić information content (AvgIpc) is 2.44.